The Kier molecular flexibility index (Phi) is 2.86. The SMILES string of the molecule is CC1(C)C(=O)NC(=O)N(Cc2ccncc2)C1=O. The summed E-state index contributed by atoms with van der Waals surface area (Å²) < 4.78 is 0. The zero-order valence-corrected chi connectivity index (χ0v) is 10.1. The molecule has 0 radical (unpaired) electrons. The van der Waals surface area contributed by atoms with Gasteiger partial charge in [-0.25, -0.2) is 4.79 Å². The fourth-order valence-electron chi connectivity index (χ4n) is 1.66. The molecule has 6 heteroatoms. The predicted molar refractivity (Wildman–Crippen MR) is 62.1 cm³/mol. The van der Waals surface area contributed by atoms with Crippen LogP contribution >= 0.6 is 0 Å². The number of imide groups is 2. The number of nitrogens with one attached hydrogen (secondary N) is 1. The van der Waals surface area contributed by atoms with Crippen molar-refractivity contribution in [2.75, 3.05) is 0 Å². The lowest BCUT2D eigenvalue weighted by Gasteiger charge is -2.34. The summed E-state index contributed by atoms with van der Waals surface area (Å²) in [5.74, 6) is -1.06. The number of hydrogen-bond acceptors (Lipinski definition) is 4. The Morgan fingerprint density at radius 3 is 2.44 bits per heavy atom. The second-order valence-electron chi connectivity index (χ2n) is 4.63. The van der Waals surface area contributed by atoms with Crippen molar-refractivity contribution in [1.82, 2.24) is 15.2 Å². The van der Waals surface area contributed by atoms with Crippen LogP contribution in [0.5, 0.6) is 0 Å². The Labute approximate surface area is 104 Å². The molecule has 0 atom stereocenters. The zero-order valence-electron chi connectivity index (χ0n) is 10.1. The second kappa shape index (κ2) is 4.21. The van der Waals surface area contributed by atoms with Crippen LogP contribution in [0.25, 0.3) is 0 Å². The van der Waals surface area contributed by atoms with E-state index in [1.165, 1.54) is 13.8 Å². The van der Waals surface area contributed by atoms with Gasteiger partial charge in [-0.1, -0.05) is 0 Å². The molecule has 94 valence electrons. The summed E-state index contributed by atoms with van der Waals surface area (Å²) in [5, 5.41) is 2.18. The zero-order chi connectivity index (χ0) is 13.3. The van der Waals surface area contributed by atoms with Crippen LogP contribution < -0.4 is 5.32 Å². The molecule has 1 aliphatic heterocycles. The molecule has 1 aromatic rings. The van der Waals surface area contributed by atoms with Gasteiger partial charge in [0.1, 0.15) is 5.41 Å². The minimum Gasteiger partial charge on any atom is -0.277 e. The number of nitrogens with zero attached hydrogens (tertiary/aromatic N) is 2. The van der Waals surface area contributed by atoms with Gasteiger partial charge in [0, 0.05) is 12.4 Å². The van der Waals surface area contributed by atoms with Crippen molar-refractivity contribution in [2.24, 2.45) is 5.41 Å². The highest BCUT2D eigenvalue weighted by Crippen LogP contribution is 2.24. The number of carbonyl (C=O) groups is 3. The minimum absolute atomic E-state index is 0.129. The first-order valence-corrected chi connectivity index (χ1v) is 5.49. The number of rotatable bonds is 2. The van der Waals surface area contributed by atoms with E-state index in [1.54, 1.807) is 24.5 Å². The lowest BCUT2D eigenvalue weighted by molar-refractivity contribution is -0.149. The molecule has 0 aromatic carbocycles. The van der Waals surface area contributed by atoms with Crippen molar-refractivity contribution >= 4 is 17.8 Å². The van der Waals surface area contributed by atoms with Crippen LogP contribution in [-0.2, 0) is 16.1 Å². The van der Waals surface area contributed by atoms with Gasteiger partial charge in [0.15, 0.2) is 0 Å². The highest BCUT2D eigenvalue weighted by atomic mass is 16.2. The van der Waals surface area contributed by atoms with E-state index in [1.807, 2.05) is 0 Å². The number of amides is 4. The summed E-state index contributed by atoms with van der Waals surface area (Å²) in [6.45, 7) is 3.12. The molecular formula is C12H13N3O3. The Morgan fingerprint density at radius 2 is 1.83 bits per heavy atom. The molecule has 0 saturated carbocycles. The number of pyridine rings is 1. The number of carbonyl (C=O) groups excluding carboxylic acids is 3. The highest BCUT2D eigenvalue weighted by Gasteiger charge is 2.46. The fourth-order valence-corrected chi connectivity index (χ4v) is 1.66. The average molecular weight is 247 g/mol. The summed E-state index contributed by atoms with van der Waals surface area (Å²) in [7, 11) is 0. The first-order valence-electron chi connectivity index (χ1n) is 5.49. The lowest BCUT2D eigenvalue weighted by atomic mass is 9.88. The predicted octanol–water partition coefficient (Wildman–Crippen LogP) is 0.686. The third kappa shape index (κ3) is 1.97. The molecule has 6 nitrogen and oxygen atoms in total. The monoisotopic (exact) mass is 247 g/mol. The third-order valence-corrected chi connectivity index (χ3v) is 2.90. The van der Waals surface area contributed by atoms with E-state index in [0.29, 0.717) is 0 Å². The Morgan fingerprint density at radius 1 is 1.22 bits per heavy atom. The summed E-state index contributed by atoms with van der Waals surface area (Å²) >= 11 is 0. The van der Waals surface area contributed by atoms with Gasteiger partial charge in [-0.05, 0) is 31.5 Å². The number of hydrogen-bond donors (Lipinski definition) is 1. The molecule has 1 aromatic heterocycles. The first kappa shape index (κ1) is 12.2. The van der Waals surface area contributed by atoms with Crippen molar-refractivity contribution in [3.05, 3.63) is 30.1 Å². The van der Waals surface area contributed by atoms with E-state index in [0.717, 1.165) is 10.5 Å². The van der Waals surface area contributed by atoms with Crippen LogP contribution in [0.1, 0.15) is 19.4 Å². The molecule has 1 aliphatic rings. The Balaban J connectivity index is 2.25. The van der Waals surface area contributed by atoms with E-state index < -0.39 is 23.3 Å². The van der Waals surface area contributed by atoms with Gasteiger partial charge in [-0.15, -0.1) is 0 Å². The molecule has 0 spiro atoms. The molecule has 4 amide bonds. The van der Waals surface area contributed by atoms with E-state index in [2.05, 4.69) is 10.3 Å². The van der Waals surface area contributed by atoms with Gasteiger partial charge in [0.2, 0.25) is 11.8 Å². The largest absolute Gasteiger partial charge is 0.331 e. The molecule has 0 unspecified atom stereocenters. The van der Waals surface area contributed by atoms with Crippen molar-refractivity contribution in [2.45, 2.75) is 20.4 Å². The Hall–Kier alpha value is -2.24. The van der Waals surface area contributed by atoms with E-state index in [9.17, 15) is 14.4 Å². The van der Waals surface area contributed by atoms with Crippen molar-refractivity contribution in [3.63, 3.8) is 0 Å². The molecule has 1 saturated heterocycles. The van der Waals surface area contributed by atoms with Crippen molar-refractivity contribution in [1.29, 1.82) is 0 Å². The van der Waals surface area contributed by atoms with Crippen LogP contribution in [0.15, 0.2) is 24.5 Å². The normalized spacial score (nSPS) is 18.8. The van der Waals surface area contributed by atoms with Gasteiger partial charge in [0.05, 0.1) is 6.54 Å². The average Bonchev–Trinajstić information content (AvgIpc) is 2.34. The van der Waals surface area contributed by atoms with E-state index in [4.69, 9.17) is 0 Å². The van der Waals surface area contributed by atoms with Gasteiger partial charge in [-0.3, -0.25) is 24.8 Å². The maximum Gasteiger partial charge on any atom is 0.331 e. The molecule has 2 heterocycles. The maximum atomic E-state index is 12.1. The number of urea groups is 1. The van der Waals surface area contributed by atoms with Crippen molar-refractivity contribution < 1.29 is 14.4 Å². The van der Waals surface area contributed by atoms with Gasteiger partial charge < -0.3 is 0 Å². The Bertz CT molecular complexity index is 511. The first-order chi connectivity index (χ1) is 8.43. The molecule has 1 N–H and O–H groups in total. The summed E-state index contributed by atoms with van der Waals surface area (Å²) in [6, 6.07) is 2.75. The van der Waals surface area contributed by atoms with Gasteiger partial charge >= 0.3 is 6.03 Å². The molecule has 1 fully saturated rings. The third-order valence-electron chi connectivity index (χ3n) is 2.90. The number of aromatic nitrogens is 1. The molecule has 0 bridgehead atoms. The highest BCUT2D eigenvalue weighted by molar-refractivity contribution is 6.18. The van der Waals surface area contributed by atoms with Crippen LogP contribution in [0.4, 0.5) is 4.79 Å². The number of barbiturate groups is 1. The van der Waals surface area contributed by atoms with Crippen molar-refractivity contribution in [3.8, 4) is 0 Å². The summed E-state index contributed by atoms with van der Waals surface area (Å²) in [4.78, 5) is 40.2. The molecule has 18 heavy (non-hydrogen) atoms. The summed E-state index contributed by atoms with van der Waals surface area (Å²) in [5.41, 5.74) is -0.445. The molecule has 0 aliphatic carbocycles. The van der Waals surface area contributed by atoms with Gasteiger partial charge in [0.25, 0.3) is 0 Å². The topological polar surface area (TPSA) is 79.4 Å². The minimum atomic E-state index is -1.22. The maximum absolute atomic E-state index is 12.1. The standard InChI is InChI=1S/C12H13N3O3/c1-12(2)9(16)14-11(18)15(10(12)17)7-8-3-5-13-6-4-8/h3-6H,7H2,1-2H3,(H,14,16,18). The van der Waals surface area contributed by atoms with Crippen LogP contribution in [0.3, 0.4) is 0 Å². The summed E-state index contributed by atoms with van der Waals surface area (Å²) in [6.07, 6.45) is 3.16. The second-order valence-corrected chi connectivity index (χ2v) is 4.63. The van der Waals surface area contributed by atoms with E-state index >= 15 is 0 Å². The lowest BCUT2D eigenvalue weighted by Crippen LogP contribution is -2.61. The van der Waals surface area contributed by atoms with Crippen LogP contribution in [0.2, 0.25) is 0 Å². The van der Waals surface area contributed by atoms with E-state index in [-0.39, 0.29) is 6.54 Å². The van der Waals surface area contributed by atoms with Gasteiger partial charge in [-0.2, -0.15) is 0 Å². The molecular weight excluding hydrogens is 234 g/mol. The van der Waals surface area contributed by atoms with Crippen LogP contribution in [0, 0.1) is 5.41 Å². The molecule has 2 rings (SSSR count). The van der Waals surface area contributed by atoms with Crippen LogP contribution in [-0.4, -0.2) is 27.7 Å². The fraction of sp³-hybridized carbons (Fsp3) is 0.333. The smallest absolute Gasteiger partial charge is 0.277 e. The quantitative estimate of drug-likeness (QED) is 0.780.